The molecule has 0 aromatic heterocycles. The molecule has 0 saturated carbocycles. The molecule has 1 aromatic rings. The summed E-state index contributed by atoms with van der Waals surface area (Å²) in [4.78, 5) is 10.8. The van der Waals surface area contributed by atoms with Gasteiger partial charge in [-0.05, 0) is 36.1 Å². The topological polar surface area (TPSA) is 37.3 Å². The Morgan fingerprint density at radius 3 is 3.00 bits per heavy atom. The molecule has 0 radical (unpaired) electrons. The smallest absolute Gasteiger partial charge is 0.310 e. The first-order chi connectivity index (χ1) is 6.18. The van der Waals surface area contributed by atoms with Crippen molar-refractivity contribution in [3.8, 4) is 0 Å². The molecule has 2 nitrogen and oxygen atoms in total. The molecule has 0 aliphatic heterocycles. The highest BCUT2D eigenvalue weighted by Crippen LogP contribution is 2.34. The predicted octanol–water partition coefficient (Wildman–Crippen LogP) is 2.56. The summed E-state index contributed by atoms with van der Waals surface area (Å²) in [5.41, 5.74) is 2.15. The van der Waals surface area contributed by atoms with E-state index in [2.05, 4.69) is 15.9 Å². The number of benzene rings is 1. The van der Waals surface area contributed by atoms with Gasteiger partial charge in [0.25, 0.3) is 0 Å². The molecule has 1 N–H and O–H groups in total. The number of halogens is 1. The Morgan fingerprint density at radius 1 is 1.54 bits per heavy atom. The van der Waals surface area contributed by atoms with E-state index in [0.717, 1.165) is 22.9 Å². The number of hydrogen-bond donors (Lipinski definition) is 1. The maximum atomic E-state index is 10.8. The van der Waals surface area contributed by atoms with E-state index in [1.807, 2.05) is 18.2 Å². The fourth-order valence-electron chi connectivity index (χ4n) is 1.84. The van der Waals surface area contributed by atoms with E-state index < -0.39 is 5.97 Å². The van der Waals surface area contributed by atoms with Gasteiger partial charge in [0, 0.05) is 4.47 Å². The second-order valence-corrected chi connectivity index (χ2v) is 4.19. The molecule has 13 heavy (non-hydrogen) atoms. The molecule has 0 amide bonds. The molecule has 0 spiro atoms. The number of fused-ring (bicyclic) bond motifs is 1. The minimum atomic E-state index is -0.707. The summed E-state index contributed by atoms with van der Waals surface area (Å²) in [5.74, 6) is -0.996. The molecule has 0 unspecified atom stereocenters. The monoisotopic (exact) mass is 240 g/mol. The highest BCUT2D eigenvalue weighted by Gasteiger charge is 2.27. The average molecular weight is 241 g/mol. The predicted molar refractivity (Wildman–Crippen MR) is 52.8 cm³/mol. The highest BCUT2D eigenvalue weighted by molar-refractivity contribution is 9.10. The number of rotatable bonds is 1. The molecule has 68 valence electrons. The summed E-state index contributed by atoms with van der Waals surface area (Å²) in [6.45, 7) is 0. The van der Waals surface area contributed by atoms with E-state index in [4.69, 9.17) is 5.11 Å². The Labute approximate surface area is 84.7 Å². The summed E-state index contributed by atoms with van der Waals surface area (Å²) in [7, 11) is 0. The second kappa shape index (κ2) is 3.14. The standard InChI is InChI=1S/C10H9BrO2/c11-7-2-4-8-6(5-7)1-3-9(8)10(12)13/h2,4-5,9H,1,3H2,(H,12,13)/t9-/m1/s1. The van der Waals surface area contributed by atoms with Gasteiger partial charge in [-0.25, -0.2) is 0 Å². The Hall–Kier alpha value is -0.830. The van der Waals surface area contributed by atoms with E-state index in [1.165, 1.54) is 5.56 Å². The van der Waals surface area contributed by atoms with Gasteiger partial charge in [-0.15, -0.1) is 0 Å². The number of carboxylic acids is 1. The quantitative estimate of drug-likeness (QED) is 0.820. The minimum Gasteiger partial charge on any atom is -0.481 e. The van der Waals surface area contributed by atoms with Crippen molar-refractivity contribution in [1.29, 1.82) is 0 Å². The lowest BCUT2D eigenvalue weighted by molar-refractivity contribution is -0.138. The van der Waals surface area contributed by atoms with Crippen LogP contribution < -0.4 is 0 Å². The molecule has 1 aliphatic rings. The largest absolute Gasteiger partial charge is 0.481 e. The van der Waals surface area contributed by atoms with Crippen molar-refractivity contribution in [1.82, 2.24) is 0 Å². The van der Waals surface area contributed by atoms with Crippen LogP contribution in [0.25, 0.3) is 0 Å². The van der Waals surface area contributed by atoms with Crippen molar-refractivity contribution in [2.45, 2.75) is 18.8 Å². The third-order valence-corrected chi connectivity index (χ3v) is 2.97. The normalized spacial score (nSPS) is 19.9. The molecule has 1 atom stereocenters. The van der Waals surface area contributed by atoms with Gasteiger partial charge >= 0.3 is 5.97 Å². The van der Waals surface area contributed by atoms with Gasteiger partial charge < -0.3 is 5.11 Å². The van der Waals surface area contributed by atoms with Gasteiger partial charge in [-0.3, -0.25) is 4.79 Å². The maximum Gasteiger partial charge on any atom is 0.310 e. The lowest BCUT2D eigenvalue weighted by atomic mass is 10.0. The first-order valence-electron chi connectivity index (χ1n) is 4.19. The number of aliphatic carboxylic acids is 1. The van der Waals surface area contributed by atoms with Crippen molar-refractivity contribution in [2.24, 2.45) is 0 Å². The number of carboxylic acid groups (broad SMARTS) is 1. The average Bonchev–Trinajstić information content (AvgIpc) is 2.46. The van der Waals surface area contributed by atoms with Crippen LogP contribution in [0.1, 0.15) is 23.5 Å². The number of carbonyl (C=O) groups is 1. The van der Waals surface area contributed by atoms with E-state index in [-0.39, 0.29) is 5.92 Å². The molecule has 3 heteroatoms. The van der Waals surface area contributed by atoms with Gasteiger partial charge in [0.2, 0.25) is 0 Å². The van der Waals surface area contributed by atoms with Crippen LogP contribution in [0.3, 0.4) is 0 Å². The third-order valence-electron chi connectivity index (χ3n) is 2.48. The lowest BCUT2D eigenvalue weighted by Gasteiger charge is -2.04. The number of aryl methyl sites for hydroxylation is 1. The van der Waals surface area contributed by atoms with E-state index in [9.17, 15) is 4.79 Å². The van der Waals surface area contributed by atoms with E-state index in [0.29, 0.717) is 0 Å². The summed E-state index contributed by atoms with van der Waals surface area (Å²) < 4.78 is 1.03. The molecular formula is C10H9BrO2. The van der Waals surface area contributed by atoms with Crippen LogP contribution in [0.4, 0.5) is 0 Å². The Morgan fingerprint density at radius 2 is 2.31 bits per heavy atom. The van der Waals surface area contributed by atoms with Crippen LogP contribution in [0.2, 0.25) is 0 Å². The fourth-order valence-corrected chi connectivity index (χ4v) is 2.25. The van der Waals surface area contributed by atoms with Crippen LogP contribution in [-0.2, 0) is 11.2 Å². The summed E-state index contributed by atoms with van der Waals surface area (Å²) in [6, 6.07) is 5.82. The molecule has 1 aromatic carbocycles. The summed E-state index contributed by atoms with van der Waals surface area (Å²) >= 11 is 3.37. The van der Waals surface area contributed by atoms with Crippen molar-refractivity contribution in [3.63, 3.8) is 0 Å². The van der Waals surface area contributed by atoms with Gasteiger partial charge in [-0.1, -0.05) is 22.0 Å². The van der Waals surface area contributed by atoms with Gasteiger partial charge in [-0.2, -0.15) is 0 Å². The summed E-state index contributed by atoms with van der Waals surface area (Å²) in [6.07, 6.45) is 1.62. The zero-order valence-corrected chi connectivity index (χ0v) is 8.54. The molecule has 2 rings (SSSR count). The van der Waals surface area contributed by atoms with Crippen LogP contribution >= 0.6 is 15.9 Å². The van der Waals surface area contributed by atoms with Gasteiger partial charge in [0.1, 0.15) is 0 Å². The molecule has 0 heterocycles. The Bertz CT molecular complexity index is 360. The molecule has 1 aliphatic carbocycles. The van der Waals surface area contributed by atoms with Gasteiger partial charge in [0.15, 0.2) is 0 Å². The van der Waals surface area contributed by atoms with Crippen LogP contribution in [0, 0.1) is 0 Å². The first-order valence-corrected chi connectivity index (χ1v) is 4.99. The minimum absolute atomic E-state index is 0.289. The fraction of sp³-hybridized carbons (Fsp3) is 0.300. The van der Waals surface area contributed by atoms with Crippen molar-refractivity contribution in [3.05, 3.63) is 33.8 Å². The summed E-state index contributed by atoms with van der Waals surface area (Å²) in [5, 5.41) is 8.92. The Balaban J connectivity index is 2.44. The van der Waals surface area contributed by atoms with Gasteiger partial charge in [0.05, 0.1) is 5.92 Å². The second-order valence-electron chi connectivity index (χ2n) is 3.27. The van der Waals surface area contributed by atoms with E-state index >= 15 is 0 Å². The number of hydrogen-bond acceptors (Lipinski definition) is 1. The van der Waals surface area contributed by atoms with Crippen molar-refractivity contribution in [2.75, 3.05) is 0 Å². The molecule has 0 fully saturated rings. The van der Waals surface area contributed by atoms with Crippen LogP contribution in [0.15, 0.2) is 22.7 Å². The molecule has 0 bridgehead atoms. The lowest BCUT2D eigenvalue weighted by Crippen LogP contribution is -2.07. The molecular weight excluding hydrogens is 232 g/mol. The van der Waals surface area contributed by atoms with Crippen LogP contribution in [0.5, 0.6) is 0 Å². The van der Waals surface area contributed by atoms with E-state index in [1.54, 1.807) is 0 Å². The van der Waals surface area contributed by atoms with Crippen molar-refractivity contribution < 1.29 is 9.90 Å². The molecule has 0 saturated heterocycles. The van der Waals surface area contributed by atoms with Crippen molar-refractivity contribution >= 4 is 21.9 Å². The highest BCUT2D eigenvalue weighted by atomic mass is 79.9. The van der Waals surface area contributed by atoms with Crippen LogP contribution in [-0.4, -0.2) is 11.1 Å². The zero-order chi connectivity index (χ0) is 9.42. The SMILES string of the molecule is O=C(O)[C@@H]1CCc2cc(Br)ccc21. The Kier molecular flexibility index (Phi) is 2.12. The third kappa shape index (κ3) is 1.48. The first kappa shape index (κ1) is 8.75. The zero-order valence-electron chi connectivity index (χ0n) is 6.96. The maximum absolute atomic E-state index is 10.8.